The number of nitrogens with one attached hydrogen (secondary N) is 2. The van der Waals surface area contributed by atoms with Crippen molar-refractivity contribution in [3.63, 3.8) is 0 Å². The summed E-state index contributed by atoms with van der Waals surface area (Å²) in [6.45, 7) is 5.10. The third-order valence-electron chi connectivity index (χ3n) is 7.67. The van der Waals surface area contributed by atoms with E-state index in [9.17, 15) is 10.3 Å². The minimum atomic E-state index is -1.47. The summed E-state index contributed by atoms with van der Waals surface area (Å²) in [5.41, 5.74) is 18.4. The average Bonchev–Trinajstić information content (AvgIpc) is 3.47. The largest absolute Gasteiger partial charge is 0.494 e. The lowest BCUT2D eigenvalue weighted by molar-refractivity contribution is -0.130. The standard InChI is InChI=1S/C36H38N6O4/c1-25(2)24-38-41-35(44)36(23-30-11-6-7-12-32(30)40-42-37)33(28-15-13-27(14-16-28)26-9-4-3-5-10-26)46-34(39-36)29-17-19-31(20-18-29)45-22-8-21-43/h3-7,9-20,25,33,38,43H,8,21-24H2,1-2H3,(H,41,44)/t33-,36-/m0/s1. The Bertz CT molecular complexity index is 1690. The van der Waals surface area contributed by atoms with Gasteiger partial charge in [-0.15, -0.1) is 0 Å². The molecule has 10 nitrogen and oxygen atoms in total. The Morgan fingerprint density at radius 1 is 0.978 bits per heavy atom. The van der Waals surface area contributed by atoms with Gasteiger partial charge in [-0.05, 0) is 58.0 Å². The number of ether oxygens (including phenoxy) is 2. The van der Waals surface area contributed by atoms with E-state index in [4.69, 9.17) is 19.6 Å². The fourth-order valence-electron chi connectivity index (χ4n) is 5.30. The maximum atomic E-state index is 14.4. The fourth-order valence-corrected chi connectivity index (χ4v) is 5.30. The number of amides is 1. The molecule has 0 spiro atoms. The van der Waals surface area contributed by atoms with E-state index in [1.807, 2.05) is 105 Å². The van der Waals surface area contributed by atoms with Crippen molar-refractivity contribution in [3.8, 4) is 16.9 Å². The summed E-state index contributed by atoms with van der Waals surface area (Å²) in [6.07, 6.45) is -0.177. The second-order valence-corrected chi connectivity index (χ2v) is 11.5. The van der Waals surface area contributed by atoms with Gasteiger partial charge in [0.2, 0.25) is 5.90 Å². The zero-order chi connectivity index (χ0) is 32.4. The van der Waals surface area contributed by atoms with Crippen LogP contribution < -0.4 is 15.6 Å². The maximum Gasteiger partial charge on any atom is 0.266 e. The monoisotopic (exact) mass is 618 g/mol. The molecule has 0 saturated heterocycles. The Morgan fingerprint density at radius 3 is 2.35 bits per heavy atom. The van der Waals surface area contributed by atoms with Gasteiger partial charge < -0.3 is 14.6 Å². The summed E-state index contributed by atoms with van der Waals surface area (Å²) in [6, 6.07) is 32.5. The van der Waals surface area contributed by atoms with Gasteiger partial charge in [-0.3, -0.25) is 10.2 Å². The van der Waals surface area contributed by atoms with Crippen molar-refractivity contribution in [2.75, 3.05) is 19.8 Å². The summed E-state index contributed by atoms with van der Waals surface area (Å²) in [5, 5.41) is 13.0. The molecule has 0 unspecified atom stereocenters. The molecule has 5 rings (SSSR count). The predicted octanol–water partition coefficient (Wildman–Crippen LogP) is 6.83. The smallest absolute Gasteiger partial charge is 0.266 e. The van der Waals surface area contributed by atoms with Crippen LogP contribution in [0.1, 0.15) is 43.1 Å². The van der Waals surface area contributed by atoms with Crippen LogP contribution in [0, 0.1) is 5.92 Å². The first kappa shape index (κ1) is 32.2. The summed E-state index contributed by atoms with van der Waals surface area (Å²) in [4.78, 5) is 22.4. The van der Waals surface area contributed by atoms with Gasteiger partial charge in [-0.25, -0.2) is 10.4 Å². The number of hydrazine groups is 1. The molecule has 1 amide bonds. The predicted molar refractivity (Wildman–Crippen MR) is 179 cm³/mol. The molecule has 236 valence electrons. The highest BCUT2D eigenvalue weighted by molar-refractivity contribution is 6.01. The van der Waals surface area contributed by atoms with E-state index < -0.39 is 11.6 Å². The number of azide groups is 1. The fraction of sp³-hybridized carbons (Fsp3) is 0.278. The second kappa shape index (κ2) is 15.2. The van der Waals surface area contributed by atoms with Crippen LogP contribution >= 0.6 is 0 Å². The molecule has 4 aromatic rings. The molecular formula is C36H38N6O4. The average molecular weight is 619 g/mol. The van der Waals surface area contributed by atoms with Crippen molar-refractivity contribution in [1.82, 2.24) is 10.9 Å². The van der Waals surface area contributed by atoms with Gasteiger partial charge in [0.1, 0.15) is 5.75 Å². The van der Waals surface area contributed by atoms with Gasteiger partial charge in [0.15, 0.2) is 11.6 Å². The molecule has 0 fully saturated rings. The van der Waals surface area contributed by atoms with Gasteiger partial charge in [0.05, 0.1) is 6.61 Å². The van der Waals surface area contributed by atoms with E-state index in [2.05, 4.69) is 20.9 Å². The van der Waals surface area contributed by atoms with E-state index in [1.165, 1.54) is 0 Å². The topological polar surface area (TPSA) is 141 Å². The number of aliphatic hydroxyl groups excluding tert-OH is 1. The lowest BCUT2D eigenvalue weighted by Crippen LogP contribution is -2.54. The normalized spacial score (nSPS) is 17.1. The van der Waals surface area contributed by atoms with Gasteiger partial charge in [-0.2, -0.15) is 0 Å². The molecule has 0 aromatic heterocycles. The number of rotatable bonds is 14. The Kier molecular flexibility index (Phi) is 10.7. The van der Waals surface area contributed by atoms with E-state index in [1.54, 1.807) is 12.1 Å². The molecule has 0 bridgehead atoms. The molecule has 3 N–H and O–H groups in total. The first-order valence-electron chi connectivity index (χ1n) is 15.4. The number of carbonyl (C=O) groups excluding carboxylic acids is 1. The summed E-state index contributed by atoms with van der Waals surface area (Å²) in [7, 11) is 0. The molecule has 2 atom stereocenters. The molecule has 0 aliphatic carbocycles. The van der Waals surface area contributed by atoms with Crippen molar-refractivity contribution in [2.24, 2.45) is 16.0 Å². The molecular weight excluding hydrogens is 580 g/mol. The number of hydrogen-bond donors (Lipinski definition) is 3. The van der Waals surface area contributed by atoms with E-state index in [0.717, 1.165) is 16.7 Å². The van der Waals surface area contributed by atoms with Crippen LogP contribution in [0.15, 0.2) is 113 Å². The SMILES string of the molecule is CC(C)CNNC(=O)[C@@]1(Cc2ccccc2N=[N+]=[N-])N=C(c2ccc(OCCCO)cc2)O[C@H]1c1ccc(-c2ccccc2)cc1. The zero-order valence-corrected chi connectivity index (χ0v) is 26.0. The molecule has 1 heterocycles. The van der Waals surface area contributed by atoms with Gasteiger partial charge in [-0.1, -0.05) is 97.8 Å². The van der Waals surface area contributed by atoms with Crippen LogP contribution in [0.3, 0.4) is 0 Å². The highest BCUT2D eigenvalue weighted by Crippen LogP contribution is 2.44. The van der Waals surface area contributed by atoms with Crippen molar-refractivity contribution in [2.45, 2.75) is 38.3 Å². The molecule has 0 saturated carbocycles. The van der Waals surface area contributed by atoms with Crippen LogP contribution in [0.5, 0.6) is 5.75 Å². The number of benzene rings is 4. The Balaban J connectivity index is 1.59. The zero-order valence-electron chi connectivity index (χ0n) is 26.0. The van der Waals surface area contributed by atoms with Crippen molar-refractivity contribution in [1.29, 1.82) is 0 Å². The van der Waals surface area contributed by atoms with Crippen LogP contribution in [-0.4, -0.2) is 42.2 Å². The molecule has 1 aliphatic rings. The molecule has 1 aliphatic heterocycles. The van der Waals surface area contributed by atoms with E-state index in [-0.39, 0.29) is 18.9 Å². The van der Waals surface area contributed by atoms with Crippen LogP contribution in [-0.2, 0) is 16.0 Å². The number of carbonyl (C=O) groups is 1. The minimum Gasteiger partial charge on any atom is -0.494 e. The van der Waals surface area contributed by atoms with E-state index in [0.29, 0.717) is 54.0 Å². The Hall–Kier alpha value is -5.15. The van der Waals surface area contributed by atoms with Gasteiger partial charge in [0, 0.05) is 42.2 Å². The van der Waals surface area contributed by atoms with Gasteiger partial charge >= 0.3 is 0 Å². The third-order valence-corrected chi connectivity index (χ3v) is 7.67. The highest BCUT2D eigenvalue weighted by atomic mass is 16.5. The van der Waals surface area contributed by atoms with Crippen LogP contribution in [0.2, 0.25) is 0 Å². The number of nitrogens with zero attached hydrogens (tertiary/aromatic N) is 4. The maximum absolute atomic E-state index is 14.4. The Morgan fingerprint density at radius 2 is 1.65 bits per heavy atom. The summed E-state index contributed by atoms with van der Waals surface area (Å²) in [5.74, 6) is 0.869. The van der Waals surface area contributed by atoms with E-state index >= 15 is 0 Å². The number of aliphatic imine (C=N–C) groups is 1. The van der Waals surface area contributed by atoms with Crippen LogP contribution in [0.4, 0.5) is 5.69 Å². The summed E-state index contributed by atoms with van der Waals surface area (Å²) >= 11 is 0. The third kappa shape index (κ3) is 7.55. The second-order valence-electron chi connectivity index (χ2n) is 11.5. The Labute approximate surface area is 268 Å². The lowest BCUT2D eigenvalue weighted by atomic mass is 9.81. The highest BCUT2D eigenvalue weighted by Gasteiger charge is 2.53. The quantitative estimate of drug-likeness (QED) is 0.0467. The van der Waals surface area contributed by atoms with Crippen molar-refractivity contribution >= 4 is 17.5 Å². The first-order chi connectivity index (χ1) is 22.4. The molecule has 4 aromatic carbocycles. The molecule has 10 heteroatoms. The molecule has 0 radical (unpaired) electrons. The lowest BCUT2D eigenvalue weighted by Gasteiger charge is -2.31. The van der Waals surface area contributed by atoms with Gasteiger partial charge in [0.25, 0.3) is 5.91 Å². The first-order valence-corrected chi connectivity index (χ1v) is 15.4. The number of aliphatic hydroxyl groups is 1. The van der Waals surface area contributed by atoms with Crippen molar-refractivity contribution in [3.05, 3.63) is 130 Å². The summed E-state index contributed by atoms with van der Waals surface area (Å²) < 4.78 is 12.3. The minimum absolute atomic E-state index is 0.0510. The molecule has 46 heavy (non-hydrogen) atoms. The van der Waals surface area contributed by atoms with Crippen LogP contribution in [0.25, 0.3) is 21.6 Å². The number of hydrogen-bond acceptors (Lipinski definition) is 7. The van der Waals surface area contributed by atoms with Crippen molar-refractivity contribution < 1.29 is 19.4 Å².